The Balaban J connectivity index is 1.06. The maximum Gasteiger partial charge on any atom is 0.253 e. The highest BCUT2D eigenvalue weighted by Crippen LogP contribution is 2.38. The lowest BCUT2D eigenvalue weighted by atomic mass is 9.86. The van der Waals surface area contributed by atoms with Crippen LogP contribution in [-0.4, -0.2) is 48.0 Å². The van der Waals surface area contributed by atoms with Crippen molar-refractivity contribution >= 4 is 5.91 Å². The van der Waals surface area contributed by atoms with Gasteiger partial charge in [0.2, 0.25) is 0 Å². The summed E-state index contributed by atoms with van der Waals surface area (Å²) in [5, 5.41) is 0. The van der Waals surface area contributed by atoms with Crippen LogP contribution in [0.5, 0.6) is 5.75 Å². The number of likely N-dealkylation sites (tertiary alicyclic amines) is 1. The van der Waals surface area contributed by atoms with Crippen LogP contribution in [0.3, 0.4) is 0 Å². The monoisotopic (exact) mass is 444 g/mol. The summed E-state index contributed by atoms with van der Waals surface area (Å²) >= 11 is 0. The van der Waals surface area contributed by atoms with E-state index in [1.165, 1.54) is 55.3 Å². The summed E-state index contributed by atoms with van der Waals surface area (Å²) in [5.41, 5.74) is 5.12. The fourth-order valence-corrected chi connectivity index (χ4v) is 6.23. The van der Waals surface area contributed by atoms with Crippen LogP contribution < -0.4 is 4.74 Å². The number of hydrogen-bond acceptors (Lipinski definition) is 3. The molecule has 174 valence electrons. The van der Waals surface area contributed by atoms with Crippen molar-refractivity contribution in [2.45, 2.75) is 70.0 Å². The number of fused-ring (bicyclic) bond motifs is 3. The Labute approximate surface area is 197 Å². The third kappa shape index (κ3) is 4.55. The quantitative estimate of drug-likeness (QED) is 0.596. The van der Waals surface area contributed by atoms with Gasteiger partial charge in [-0.1, -0.05) is 18.2 Å². The van der Waals surface area contributed by atoms with Crippen molar-refractivity contribution in [1.82, 2.24) is 9.80 Å². The largest absolute Gasteiger partial charge is 0.493 e. The van der Waals surface area contributed by atoms with Crippen molar-refractivity contribution in [1.29, 1.82) is 0 Å². The molecule has 0 spiro atoms. The van der Waals surface area contributed by atoms with Gasteiger partial charge in [-0.2, -0.15) is 0 Å². The fraction of sp³-hybridized carbons (Fsp3) is 0.552. The van der Waals surface area contributed by atoms with Gasteiger partial charge >= 0.3 is 0 Å². The zero-order valence-electron chi connectivity index (χ0n) is 19.8. The molecule has 1 saturated heterocycles. The van der Waals surface area contributed by atoms with Crippen molar-refractivity contribution in [3.05, 3.63) is 64.7 Å². The Morgan fingerprint density at radius 3 is 2.61 bits per heavy atom. The van der Waals surface area contributed by atoms with E-state index in [1.807, 2.05) is 36.2 Å². The number of carbonyl (C=O) groups excluding carboxylic acids is 1. The predicted molar refractivity (Wildman–Crippen MR) is 131 cm³/mol. The van der Waals surface area contributed by atoms with E-state index in [4.69, 9.17) is 4.74 Å². The van der Waals surface area contributed by atoms with E-state index >= 15 is 0 Å². The molecule has 4 aliphatic rings. The van der Waals surface area contributed by atoms with Gasteiger partial charge in [0.1, 0.15) is 5.75 Å². The lowest BCUT2D eigenvalue weighted by molar-refractivity contribution is 0.0719. The van der Waals surface area contributed by atoms with Crippen molar-refractivity contribution in [2.75, 3.05) is 20.2 Å². The van der Waals surface area contributed by atoms with Gasteiger partial charge in [0, 0.05) is 37.8 Å². The number of ether oxygens (including phenoxy) is 1. The third-order valence-electron chi connectivity index (χ3n) is 8.53. The Hall–Kier alpha value is -2.33. The van der Waals surface area contributed by atoms with Crippen molar-refractivity contribution in [3.63, 3.8) is 0 Å². The van der Waals surface area contributed by atoms with Crippen LogP contribution in [0.15, 0.2) is 42.5 Å². The molecule has 2 aromatic carbocycles. The molecule has 0 aromatic heterocycles. The molecule has 1 amide bonds. The minimum Gasteiger partial charge on any atom is -0.493 e. The fourth-order valence-electron chi connectivity index (χ4n) is 6.23. The maximum absolute atomic E-state index is 13.1. The number of piperidine rings is 1. The molecule has 2 saturated carbocycles. The Morgan fingerprint density at radius 1 is 1.03 bits per heavy atom. The van der Waals surface area contributed by atoms with Gasteiger partial charge in [0.05, 0.1) is 6.61 Å². The summed E-state index contributed by atoms with van der Waals surface area (Å²) in [7, 11) is 1.96. The summed E-state index contributed by atoms with van der Waals surface area (Å²) in [5.74, 6) is 2.66. The molecule has 3 atom stereocenters. The van der Waals surface area contributed by atoms with E-state index in [0.29, 0.717) is 0 Å². The van der Waals surface area contributed by atoms with Crippen LogP contribution >= 0.6 is 0 Å². The molecule has 0 radical (unpaired) electrons. The summed E-state index contributed by atoms with van der Waals surface area (Å²) in [4.78, 5) is 17.8. The summed E-state index contributed by atoms with van der Waals surface area (Å²) in [6, 6.07) is 15.9. The van der Waals surface area contributed by atoms with E-state index in [0.717, 1.165) is 61.6 Å². The van der Waals surface area contributed by atoms with Crippen LogP contribution in [0.2, 0.25) is 0 Å². The first-order chi connectivity index (χ1) is 16.1. The van der Waals surface area contributed by atoms with Crippen LogP contribution in [0.4, 0.5) is 0 Å². The van der Waals surface area contributed by atoms with Gasteiger partial charge in [0.25, 0.3) is 5.91 Å². The average Bonchev–Trinajstić information content (AvgIpc) is 3.45. The van der Waals surface area contributed by atoms with Crippen molar-refractivity contribution < 1.29 is 9.53 Å². The molecule has 3 unspecified atom stereocenters. The van der Waals surface area contributed by atoms with Crippen molar-refractivity contribution in [3.8, 4) is 5.75 Å². The Morgan fingerprint density at radius 2 is 1.88 bits per heavy atom. The highest BCUT2D eigenvalue weighted by molar-refractivity contribution is 5.94. The Kier molecular flexibility index (Phi) is 5.65. The molecule has 6 rings (SSSR count). The highest BCUT2D eigenvalue weighted by atomic mass is 16.5. The second kappa shape index (κ2) is 8.79. The SMILES string of the molecule is CN(C(=O)c1ccc(OCC2CC2)cc1)C1CCc2cc(CN3CC4CCC3C4)ccc2C1. The first-order valence-corrected chi connectivity index (χ1v) is 13.0. The molecule has 4 nitrogen and oxygen atoms in total. The number of benzene rings is 2. The molecule has 4 heteroatoms. The molecule has 3 fully saturated rings. The van der Waals surface area contributed by atoms with Gasteiger partial charge in [0.15, 0.2) is 0 Å². The van der Waals surface area contributed by atoms with Crippen LogP contribution in [0, 0.1) is 11.8 Å². The highest BCUT2D eigenvalue weighted by Gasteiger charge is 2.37. The number of amides is 1. The topological polar surface area (TPSA) is 32.8 Å². The minimum absolute atomic E-state index is 0.109. The van der Waals surface area contributed by atoms with Gasteiger partial charge in [-0.05, 0) is 104 Å². The third-order valence-corrected chi connectivity index (χ3v) is 8.53. The molecular weight excluding hydrogens is 408 g/mol. The molecule has 2 bridgehead atoms. The normalized spacial score (nSPS) is 26.3. The minimum atomic E-state index is 0.109. The number of rotatable bonds is 7. The van der Waals surface area contributed by atoms with Crippen molar-refractivity contribution in [2.24, 2.45) is 11.8 Å². The molecule has 0 N–H and O–H groups in total. The molecule has 1 aliphatic heterocycles. The Bertz CT molecular complexity index is 1010. The van der Waals surface area contributed by atoms with E-state index in [9.17, 15) is 4.79 Å². The van der Waals surface area contributed by atoms with E-state index in [-0.39, 0.29) is 11.9 Å². The van der Waals surface area contributed by atoms with E-state index in [1.54, 1.807) is 0 Å². The number of aryl methyl sites for hydroxylation is 1. The van der Waals surface area contributed by atoms with Crippen LogP contribution in [-0.2, 0) is 19.4 Å². The summed E-state index contributed by atoms with van der Waals surface area (Å²) < 4.78 is 5.82. The first kappa shape index (κ1) is 21.2. The summed E-state index contributed by atoms with van der Waals surface area (Å²) in [6.45, 7) is 3.20. The van der Waals surface area contributed by atoms with Crippen LogP contribution in [0.1, 0.15) is 65.6 Å². The van der Waals surface area contributed by atoms with Gasteiger partial charge < -0.3 is 9.64 Å². The van der Waals surface area contributed by atoms with E-state index in [2.05, 4.69) is 23.1 Å². The lowest BCUT2D eigenvalue weighted by Gasteiger charge is -2.33. The molecule has 3 aliphatic carbocycles. The number of likely N-dealkylation sites (N-methyl/N-ethyl adjacent to an activating group) is 1. The zero-order chi connectivity index (χ0) is 22.4. The number of hydrogen-bond donors (Lipinski definition) is 0. The zero-order valence-corrected chi connectivity index (χ0v) is 19.8. The van der Waals surface area contributed by atoms with Gasteiger partial charge in [-0.3, -0.25) is 9.69 Å². The molecular formula is C29H36N2O2. The standard InChI is InChI=1S/C29H36N2O2/c1-30(29(32)23-8-12-28(13-9-23)33-19-20-2-3-20)26-11-7-24-14-21(4-6-25(24)16-26)17-31-18-22-5-10-27(31)15-22/h4,6,8-9,12-14,20,22,26-27H,2-3,5,7,10-11,15-19H2,1H3. The molecule has 2 aromatic rings. The predicted octanol–water partition coefficient (Wildman–Crippen LogP) is 5.09. The first-order valence-electron chi connectivity index (χ1n) is 13.0. The average molecular weight is 445 g/mol. The number of nitrogens with zero attached hydrogens (tertiary/aromatic N) is 2. The second-order valence-corrected chi connectivity index (χ2v) is 11.0. The second-order valence-electron chi connectivity index (χ2n) is 11.0. The molecule has 33 heavy (non-hydrogen) atoms. The van der Waals surface area contributed by atoms with E-state index < -0.39 is 0 Å². The smallest absolute Gasteiger partial charge is 0.253 e. The van der Waals surface area contributed by atoms with Gasteiger partial charge in [-0.25, -0.2) is 0 Å². The van der Waals surface area contributed by atoms with Gasteiger partial charge in [-0.15, -0.1) is 0 Å². The maximum atomic E-state index is 13.1. The lowest BCUT2D eigenvalue weighted by Crippen LogP contribution is -2.40. The van der Waals surface area contributed by atoms with Crippen LogP contribution in [0.25, 0.3) is 0 Å². The molecule has 1 heterocycles. The summed E-state index contributed by atoms with van der Waals surface area (Å²) in [6.07, 6.45) is 9.88. The number of carbonyl (C=O) groups is 1.